The number of aliphatic hydroxyl groups excluding tert-OH is 2. The summed E-state index contributed by atoms with van der Waals surface area (Å²) >= 11 is 0. The van der Waals surface area contributed by atoms with Gasteiger partial charge in [-0.3, -0.25) is 33.9 Å². The van der Waals surface area contributed by atoms with E-state index in [0.29, 0.717) is 38.3 Å². The largest absolute Gasteiger partial charge is 0.507 e. The van der Waals surface area contributed by atoms with Gasteiger partial charge in [0.2, 0.25) is 11.7 Å². The van der Waals surface area contributed by atoms with Gasteiger partial charge in [0.05, 0.1) is 47.1 Å². The van der Waals surface area contributed by atoms with Crippen molar-refractivity contribution in [2.75, 3.05) is 26.7 Å². The van der Waals surface area contributed by atoms with Crippen LogP contribution in [0.2, 0.25) is 0 Å². The number of allylic oxidation sites excluding steroid dienone is 4. The normalized spacial score (nSPS) is 30.3. The number of methoxy groups -OCH3 is 1. The van der Waals surface area contributed by atoms with Crippen molar-refractivity contribution >= 4 is 35.1 Å². The van der Waals surface area contributed by atoms with Crippen LogP contribution in [0, 0.1) is 36.5 Å². The maximum absolute atomic E-state index is 15.4. The van der Waals surface area contributed by atoms with E-state index in [1.807, 2.05) is 0 Å². The van der Waals surface area contributed by atoms with Crippen LogP contribution in [0.1, 0.15) is 172 Å². The predicted molar refractivity (Wildman–Crippen MR) is 278 cm³/mol. The number of phenols is 1. The van der Waals surface area contributed by atoms with Crippen LogP contribution in [-0.4, -0.2) is 123 Å². The average Bonchev–Trinajstić information content (AvgIpc) is 3.82. The number of phenolic OH excluding ortho intramolecular Hbond substituents is 1. The van der Waals surface area contributed by atoms with Gasteiger partial charge in [0.15, 0.2) is 0 Å². The van der Waals surface area contributed by atoms with Gasteiger partial charge in [0.1, 0.15) is 29.0 Å². The number of ether oxygens (including phenoxy) is 4. The van der Waals surface area contributed by atoms with Crippen molar-refractivity contribution in [2.24, 2.45) is 34.6 Å². The van der Waals surface area contributed by atoms with Crippen molar-refractivity contribution in [2.45, 2.75) is 183 Å². The molecule has 9 atom stereocenters. The number of piperidine rings is 1. The molecular formula is C57H82N4O12. The minimum atomic E-state index is -2.05. The lowest BCUT2D eigenvalue weighted by Crippen LogP contribution is -2.54. The Morgan fingerprint density at radius 2 is 1.55 bits per heavy atom. The lowest BCUT2D eigenvalue weighted by molar-refractivity contribution is -0.160. The fourth-order valence-corrected chi connectivity index (χ4v) is 11.3. The molecule has 402 valence electrons. The van der Waals surface area contributed by atoms with Crippen molar-refractivity contribution in [3.8, 4) is 11.5 Å². The molecule has 16 heteroatoms. The van der Waals surface area contributed by atoms with E-state index in [4.69, 9.17) is 23.9 Å². The van der Waals surface area contributed by atoms with Gasteiger partial charge in [0.25, 0.3) is 11.7 Å². The minimum Gasteiger partial charge on any atom is -0.507 e. The van der Waals surface area contributed by atoms with Crippen molar-refractivity contribution in [3.63, 3.8) is 0 Å². The average molecular weight is 1020 g/mol. The van der Waals surface area contributed by atoms with Crippen LogP contribution in [0.5, 0.6) is 11.5 Å². The van der Waals surface area contributed by atoms with Crippen molar-refractivity contribution in [3.05, 3.63) is 69.8 Å². The molecule has 7 rings (SSSR count). The summed E-state index contributed by atoms with van der Waals surface area (Å²) in [5.74, 6) is -7.71. The number of amides is 2. The number of carbonyl (C=O) groups excluding carboxylic acids is 5. The van der Waals surface area contributed by atoms with E-state index < -0.39 is 88.7 Å². The second-order valence-corrected chi connectivity index (χ2v) is 21.8. The lowest BCUT2D eigenvalue weighted by Gasteiger charge is -2.44. The predicted octanol–water partition coefficient (Wildman–Crippen LogP) is 8.39. The van der Waals surface area contributed by atoms with E-state index in [2.05, 4.69) is 31.0 Å². The molecular weight excluding hydrogens is 933 g/mol. The minimum absolute atomic E-state index is 0.00430. The summed E-state index contributed by atoms with van der Waals surface area (Å²) in [6, 6.07) is 0. The Hall–Kier alpha value is -5.16. The quantitative estimate of drug-likeness (QED) is 0.108. The number of hydrogen-bond donors (Lipinski definition) is 4. The highest BCUT2D eigenvalue weighted by Gasteiger charge is 2.58. The second kappa shape index (κ2) is 24.0. The molecule has 1 aliphatic carbocycles. The van der Waals surface area contributed by atoms with Crippen LogP contribution in [0.3, 0.4) is 0 Å². The fraction of sp³-hybridized carbons (Fsp3) is 0.649. The smallest absolute Gasteiger partial charge is 0.312 e. The molecule has 4 N–H and O–H groups in total. The molecule has 0 saturated carbocycles. The highest BCUT2D eigenvalue weighted by atomic mass is 16.7. The number of unbranched alkanes of at least 4 members (excludes halogenated alkanes) is 7. The molecule has 1 fully saturated rings. The number of benzene rings is 1. The summed E-state index contributed by atoms with van der Waals surface area (Å²) < 4.78 is 24.3. The SMILES string of the molecule is CCCCCCCCCCC(=O)N1C2=C3NC(=O)/C(C)=C\C=C\[C@H](C)[C@H](O)[C@@H](C)[C@@H](O)[C@@H](C)[C@H](OC(C)=O)[C@H](C)[C@@H](OC)/C=C/O[C@@]4(C)Oc5c(C)c(O)c(c(c5C4=O)C2=NC12CCN(CC(C)C)CC2)C3=O. The zero-order chi connectivity index (χ0) is 53.7. The van der Waals surface area contributed by atoms with E-state index in [1.165, 1.54) is 59.1 Å². The summed E-state index contributed by atoms with van der Waals surface area (Å²) in [5.41, 5.74) is -1.33. The number of aliphatic hydroxyl groups is 2. The zero-order valence-corrected chi connectivity index (χ0v) is 45.3. The number of aromatic hydroxyl groups is 1. The van der Waals surface area contributed by atoms with Crippen LogP contribution in [-0.2, 0) is 28.6 Å². The summed E-state index contributed by atoms with van der Waals surface area (Å²) in [7, 11) is 1.46. The van der Waals surface area contributed by atoms with Crippen molar-refractivity contribution < 1.29 is 58.2 Å². The van der Waals surface area contributed by atoms with Crippen molar-refractivity contribution in [1.82, 2.24) is 15.1 Å². The number of aliphatic imine (C=N–C) groups is 1. The fourth-order valence-electron chi connectivity index (χ4n) is 11.3. The molecule has 16 nitrogen and oxygen atoms in total. The van der Waals surface area contributed by atoms with Gasteiger partial charge >= 0.3 is 11.8 Å². The van der Waals surface area contributed by atoms with E-state index in [0.717, 1.165) is 38.6 Å². The first-order valence-electron chi connectivity index (χ1n) is 26.7. The van der Waals surface area contributed by atoms with E-state index in [1.54, 1.807) is 51.7 Å². The maximum Gasteiger partial charge on any atom is 0.312 e. The Bertz CT molecular complexity index is 2410. The van der Waals surface area contributed by atoms with Gasteiger partial charge in [-0.05, 0) is 32.3 Å². The molecule has 2 amide bonds. The van der Waals surface area contributed by atoms with Crippen LogP contribution in [0.25, 0.3) is 0 Å². The molecule has 1 aromatic carbocycles. The number of nitrogens with one attached hydrogen (secondary N) is 1. The third-order valence-corrected chi connectivity index (χ3v) is 15.7. The molecule has 1 spiro atoms. The molecule has 0 radical (unpaired) electrons. The Morgan fingerprint density at radius 3 is 2.16 bits per heavy atom. The van der Waals surface area contributed by atoms with Gasteiger partial charge in [-0.15, -0.1) is 0 Å². The molecule has 73 heavy (non-hydrogen) atoms. The number of hydrogen-bond acceptors (Lipinski definition) is 14. The van der Waals surface area contributed by atoms with Crippen LogP contribution < -0.4 is 10.1 Å². The number of likely N-dealkylation sites (tertiary alicyclic amines) is 1. The third kappa shape index (κ3) is 11.9. The Labute approximate surface area is 432 Å². The third-order valence-electron chi connectivity index (χ3n) is 15.7. The van der Waals surface area contributed by atoms with Gasteiger partial charge in [-0.25, -0.2) is 0 Å². The maximum atomic E-state index is 15.4. The van der Waals surface area contributed by atoms with Crippen molar-refractivity contribution in [1.29, 1.82) is 0 Å². The number of nitrogens with zero attached hydrogens (tertiary/aromatic N) is 3. The molecule has 5 heterocycles. The standard InChI is InChI=1S/C57H82N4O12/c1-13-14-15-16-17-18-19-20-24-41(63)61-47-45(59-57(61)26-28-60(29-27-57)31-32(2)3)42-43-50(66)38(9)53-44(42)54(68)56(11,73-53)71-30-25-40(70-12)35(6)52(72-39(10)62)37(8)49(65)36(7)48(64)33(4)22-21-23-34(5)55(69)58-46(47)51(43)67/h21-23,25,30,32-33,35-37,40,48-49,52,64-66H,13-20,24,26-29,31H2,1-12H3,(H,58,69)/b22-21+,30-25+,34-23-/t33-,35+,36+,37+,40-,48-,49+,52+,56-/m0/s1. The summed E-state index contributed by atoms with van der Waals surface area (Å²) in [5, 5.41) is 38.3. The Balaban J connectivity index is 1.53. The van der Waals surface area contributed by atoms with Crippen LogP contribution >= 0.6 is 0 Å². The molecule has 5 aliphatic heterocycles. The van der Waals surface area contributed by atoms with Gasteiger partial charge in [0, 0.05) is 100 Å². The van der Waals surface area contributed by atoms with E-state index in [-0.39, 0.29) is 63.0 Å². The molecule has 6 aliphatic rings. The highest BCUT2D eigenvalue weighted by molar-refractivity contribution is 6.35. The first-order chi connectivity index (χ1) is 34.5. The summed E-state index contributed by atoms with van der Waals surface area (Å²) in [4.78, 5) is 82.0. The zero-order valence-electron chi connectivity index (χ0n) is 45.3. The summed E-state index contributed by atoms with van der Waals surface area (Å²) in [6.07, 6.45) is 12.8. The monoisotopic (exact) mass is 1010 g/mol. The van der Waals surface area contributed by atoms with E-state index >= 15 is 14.4 Å². The van der Waals surface area contributed by atoms with Gasteiger partial charge in [-0.1, -0.05) is 112 Å². The second-order valence-electron chi connectivity index (χ2n) is 21.8. The first-order valence-corrected chi connectivity index (χ1v) is 26.7. The molecule has 5 bridgehead atoms. The number of ketones is 2. The lowest BCUT2D eigenvalue weighted by atomic mass is 9.78. The number of fused-ring (bicyclic) bond motifs is 13. The Kier molecular flexibility index (Phi) is 18.8. The molecule has 1 saturated heterocycles. The summed E-state index contributed by atoms with van der Waals surface area (Å²) in [6.45, 7) is 21.3. The van der Waals surface area contributed by atoms with Gasteiger partial charge < -0.3 is 44.5 Å². The molecule has 0 unspecified atom stereocenters. The highest BCUT2D eigenvalue weighted by Crippen LogP contribution is 2.52. The topological polar surface area (TPSA) is 214 Å². The number of carbonyl (C=O) groups is 5. The van der Waals surface area contributed by atoms with E-state index in [9.17, 15) is 24.9 Å². The van der Waals surface area contributed by atoms with Crippen LogP contribution in [0.15, 0.2) is 52.5 Å². The van der Waals surface area contributed by atoms with Crippen LogP contribution in [0.4, 0.5) is 0 Å². The Morgan fingerprint density at radius 1 is 0.904 bits per heavy atom. The number of Topliss-reactive ketones (excluding diaryl/α,β-unsaturated/α-hetero) is 2. The molecule has 0 aromatic heterocycles. The molecule has 1 aromatic rings. The number of esters is 1. The first kappa shape index (κ1) is 57.1. The number of rotatable bonds is 13. The van der Waals surface area contributed by atoms with Gasteiger partial charge in [-0.2, -0.15) is 0 Å².